The maximum Gasteiger partial charge on any atom is 0.219 e. The molecular formula is C22H24ClN3O3. The normalized spacial score (nSPS) is 21.1. The molecule has 0 saturated carbocycles. The van der Waals surface area contributed by atoms with Crippen LogP contribution in [0.5, 0.6) is 11.5 Å². The highest BCUT2D eigenvalue weighted by Gasteiger charge is 2.41. The van der Waals surface area contributed by atoms with Crippen molar-refractivity contribution in [2.75, 3.05) is 13.1 Å². The zero-order valence-corrected chi connectivity index (χ0v) is 17.0. The molecule has 1 atom stereocenters. The molecule has 1 saturated heterocycles. The number of carbonyl (C=O) groups excluding carboxylic acids is 1. The smallest absolute Gasteiger partial charge is 0.219 e. The van der Waals surface area contributed by atoms with E-state index in [1.807, 2.05) is 17.0 Å². The highest BCUT2D eigenvalue weighted by atomic mass is 35.5. The van der Waals surface area contributed by atoms with Crippen molar-refractivity contribution in [1.29, 1.82) is 0 Å². The Bertz CT molecular complexity index is 968. The second-order valence-corrected chi connectivity index (χ2v) is 8.15. The van der Waals surface area contributed by atoms with Gasteiger partial charge in [0.2, 0.25) is 5.91 Å². The lowest BCUT2D eigenvalue weighted by Crippen LogP contribution is -2.56. The number of phenols is 2. The van der Waals surface area contributed by atoms with Gasteiger partial charge in [-0.2, -0.15) is 0 Å². The first-order valence-electron chi connectivity index (χ1n) is 9.76. The number of benzene rings is 2. The summed E-state index contributed by atoms with van der Waals surface area (Å²) in [7, 11) is 0. The molecule has 2 aromatic rings. The molecule has 2 heterocycles. The Morgan fingerprint density at radius 1 is 1.17 bits per heavy atom. The Morgan fingerprint density at radius 2 is 1.90 bits per heavy atom. The molecule has 3 N–H and O–H groups in total. The van der Waals surface area contributed by atoms with Gasteiger partial charge in [0.05, 0.1) is 0 Å². The molecule has 1 spiro atoms. The van der Waals surface area contributed by atoms with Crippen molar-refractivity contribution in [2.45, 2.75) is 37.9 Å². The van der Waals surface area contributed by atoms with E-state index >= 15 is 0 Å². The molecule has 6 nitrogen and oxygen atoms in total. The number of likely N-dealkylation sites (tertiary alicyclic amines) is 1. The highest BCUT2D eigenvalue weighted by molar-refractivity contribution is 6.30. The van der Waals surface area contributed by atoms with Gasteiger partial charge in [0, 0.05) is 67.2 Å². The number of nitrogens with one attached hydrogen (secondary N) is 1. The first-order valence-corrected chi connectivity index (χ1v) is 10.1. The van der Waals surface area contributed by atoms with E-state index in [4.69, 9.17) is 16.6 Å². The largest absolute Gasteiger partial charge is 0.508 e. The highest BCUT2D eigenvalue weighted by Crippen LogP contribution is 2.39. The molecule has 2 aromatic carbocycles. The zero-order chi connectivity index (χ0) is 20.6. The first-order chi connectivity index (χ1) is 13.9. The van der Waals surface area contributed by atoms with Crippen LogP contribution >= 0.6 is 11.6 Å². The maximum atomic E-state index is 11.8. The molecule has 0 radical (unpaired) electrons. The number of aromatic hydroxyl groups is 2. The third kappa shape index (κ3) is 3.95. The van der Waals surface area contributed by atoms with Crippen LogP contribution in [-0.4, -0.2) is 45.5 Å². The predicted octanol–water partition coefficient (Wildman–Crippen LogP) is 3.61. The van der Waals surface area contributed by atoms with Gasteiger partial charge >= 0.3 is 0 Å². The number of para-hydroxylation sites is 1. The zero-order valence-electron chi connectivity index (χ0n) is 16.2. The molecule has 2 aliphatic heterocycles. The minimum Gasteiger partial charge on any atom is -0.508 e. The number of piperidine rings is 1. The summed E-state index contributed by atoms with van der Waals surface area (Å²) in [5.74, 6) is 0.407. The molecule has 0 bridgehead atoms. The fourth-order valence-electron chi connectivity index (χ4n) is 4.23. The van der Waals surface area contributed by atoms with Crippen molar-refractivity contribution >= 4 is 23.2 Å². The van der Waals surface area contributed by atoms with Gasteiger partial charge in [0.25, 0.3) is 0 Å². The molecule has 7 heteroatoms. The van der Waals surface area contributed by atoms with Crippen molar-refractivity contribution in [3.8, 4) is 11.5 Å². The quantitative estimate of drug-likeness (QED) is 0.702. The summed E-state index contributed by atoms with van der Waals surface area (Å²) in [5.41, 5.74) is 1.60. The van der Waals surface area contributed by atoms with Gasteiger partial charge < -0.3 is 15.1 Å². The third-order valence-corrected chi connectivity index (χ3v) is 6.04. The Morgan fingerprint density at radius 3 is 2.59 bits per heavy atom. The van der Waals surface area contributed by atoms with Crippen LogP contribution in [0.15, 0.2) is 47.5 Å². The molecule has 4 rings (SSSR count). The molecular weight excluding hydrogens is 390 g/mol. The molecule has 29 heavy (non-hydrogen) atoms. The molecule has 1 amide bonds. The van der Waals surface area contributed by atoms with E-state index in [0.29, 0.717) is 48.5 Å². The lowest BCUT2D eigenvalue weighted by molar-refractivity contribution is -0.130. The lowest BCUT2D eigenvalue weighted by Gasteiger charge is -2.45. The van der Waals surface area contributed by atoms with Gasteiger partial charge in [-0.15, -0.1) is 0 Å². The standard InChI is InChI=1S/C22H24ClN3O3/c1-14(27)26-10-8-22(9-11-26)24-18(16-4-2-3-5-20(16)28)13-19(25-22)17-12-15(23)6-7-21(17)29/h2-7,12,19,25,28-29H,8-11,13H2,1H3. The van der Waals surface area contributed by atoms with Crippen LogP contribution in [0.25, 0.3) is 0 Å². The van der Waals surface area contributed by atoms with Gasteiger partial charge in [0.15, 0.2) is 0 Å². The minimum absolute atomic E-state index is 0.0598. The summed E-state index contributed by atoms with van der Waals surface area (Å²) in [5, 5.41) is 25.0. The summed E-state index contributed by atoms with van der Waals surface area (Å²) in [6, 6.07) is 11.9. The fraction of sp³-hybridized carbons (Fsp3) is 0.364. The van der Waals surface area contributed by atoms with Crippen LogP contribution in [0.3, 0.4) is 0 Å². The Balaban J connectivity index is 1.74. The SMILES string of the molecule is CC(=O)N1CCC2(CC1)N=C(c1ccccc1O)CC(c1cc(Cl)ccc1O)N2. The topological polar surface area (TPSA) is 85.2 Å². The van der Waals surface area contributed by atoms with Gasteiger partial charge in [0.1, 0.15) is 17.2 Å². The summed E-state index contributed by atoms with van der Waals surface area (Å²) in [6.45, 7) is 2.79. The predicted molar refractivity (Wildman–Crippen MR) is 112 cm³/mol. The van der Waals surface area contributed by atoms with Crippen molar-refractivity contribution < 1.29 is 15.0 Å². The van der Waals surface area contributed by atoms with E-state index in [1.165, 1.54) is 0 Å². The average molecular weight is 414 g/mol. The Kier molecular flexibility index (Phi) is 5.23. The molecule has 0 aliphatic carbocycles. The van der Waals surface area contributed by atoms with Crippen LogP contribution in [0, 0.1) is 0 Å². The number of hydrogen-bond acceptors (Lipinski definition) is 5. The third-order valence-electron chi connectivity index (χ3n) is 5.81. The monoisotopic (exact) mass is 413 g/mol. The van der Waals surface area contributed by atoms with E-state index in [-0.39, 0.29) is 23.4 Å². The van der Waals surface area contributed by atoms with Crippen LogP contribution in [0.2, 0.25) is 5.02 Å². The number of hydrogen-bond donors (Lipinski definition) is 3. The van der Waals surface area contributed by atoms with E-state index in [0.717, 1.165) is 5.71 Å². The van der Waals surface area contributed by atoms with Gasteiger partial charge in [-0.05, 0) is 30.3 Å². The Hall–Kier alpha value is -2.57. The molecule has 2 aliphatic rings. The first kappa shape index (κ1) is 19.7. The number of nitrogens with zero attached hydrogens (tertiary/aromatic N) is 2. The summed E-state index contributed by atoms with van der Waals surface area (Å²) in [4.78, 5) is 18.6. The van der Waals surface area contributed by atoms with Crippen LogP contribution in [0.1, 0.15) is 43.4 Å². The summed E-state index contributed by atoms with van der Waals surface area (Å²) >= 11 is 6.19. The minimum atomic E-state index is -0.568. The molecule has 0 aromatic heterocycles. The number of carbonyl (C=O) groups is 1. The van der Waals surface area contributed by atoms with Crippen molar-refractivity contribution in [3.63, 3.8) is 0 Å². The molecule has 1 unspecified atom stereocenters. The van der Waals surface area contributed by atoms with Gasteiger partial charge in [-0.25, -0.2) is 0 Å². The summed E-state index contributed by atoms with van der Waals surface area (Å²) < 4.78 is 0. The van der Waals surface area contributed by atoms with E-state index in [9.17, 15) is 15.0 Å². The van der Waals surface area contributed by atoms with E-state index < -0.39 is 5.66 Å². The van der Waals surface area contributed by atoms with E-state index in [2.05, 4.69) is 5.32 Å². The Labute approximate surface area is 174 Å². The second kappa shape index (κ2) is 7.69. The summed E-state index contributed by atoms with van der Waals surface area (Å²) in [6.07, 6.45) is 1.81. The molecule has 1 fully saturated rings. The van der Waals surface area contributed by atoms with Crippen molar-refractivity contribution in [1.82, 2.24) is 10.2 Å². The number of amides is 1. The van der Waals surface area contributed by atoms with Gasteiger partial charge in [-0.1, -0.05) is 23.7 Å². The van der Waals surface area contributed by atoms with E-state index in [1.54, 1.807) is 37.3 Å². The number of aliphatic imine (C=N–C) groups is 1. The van der Waals surface area contributed by atoms with Crippen LogP contribution in [-0.2, 0) is 4.79 Å². The second-order valence-electron chi connectivity index (χ2n) is 7.72. The average Bonchev–Trinajstić information content (AvgIpc) is 2.70. The lowest BCUT2D eigenvalue weighted by atomic mass is 9.87. The van der Waals surface area contributed by atoms with Crippen LogP contribution in [0.4, 0.5) is 0 Å². The van der Waals surface area contributed by atoms with Crippen molar-refractivity contribution in [2.24, 2.45) is 4.99 Å². The maximum absolute atomic E-state index is 11.8. The van der Waals surface area contributed by atoms with Gasteiger partial charge in [-0.3, -0.25) is 15.1 Å². The number of halogens is 1. The number of rotatable bonds is 2. The fourth-order valence-corrected chi connectivity index (χ4v) is 4.41. The van der Waals surface area contributed by atoms with Crippen LogP contribution < -0.4 is 5.32 Å². The number of phenolic OH excluding ortho intramolecular Hbond substituents is 2. The molecule has 152 valence electrons. The van der Waals surface area contributed by atoms with Crippen molar-refractivity contribution in [3.05, 3.63) is 58.6 Å².